The minimum atomic E-state index is 0.251. The van der Waals surface area contributed by atoms with E-state index in [0.29, 0.717) is 0 Å². The Labute approximate surface area is 136 Å². The fourth-order valence-corrected chi connectivity index (χ4v) is 3.49. The van der Waals surface area contributed by atoms with Gasteiger partial charge in [-0.25, -0.2) is 0 Å². The standard InChI is InChI=1S/C14H20Br2N2O2/c15-12-8-11(9-13(16)14(12)19)10-17-2-1-3-18-4-6-20-7-5-18/h8-9,17,19H,1-7,10H2. The summed E-state index contributed by atoms with van der Waals surface area (Å²) in [5.74, 6) is 0.251. The van der Waals surface area contributed by atoms with Crippen molar-refractivity contribution in [1.82, 2.24) is 10.2 Å². The molecule has 1 aromatic carbocycles. The number of halogens is 2. The van der Waals surface area contributed by atoms with Crippen LogP contribution in [0.3, 0.4) is 0 Å². The Morgan fingerprint density at radius 1 is 1.20 bits per heavy atom. The van der Waals surface area contributed by atoms with Crippen molar-refractivity contribution in [1.29, 1.82) is 0 Å². The van der Waals surface area contributed by atoms with Crippen molar-refractivity contribution < 1.29 is 9.84 Å². The van der Waals surface area contributed by atoms with Crippen LogP contribution in [0.15, 0.2) is 21.1 Å². The molecule has 0 saturated carbocycles. The SMILES string of the molecule is Oc1c(Br)cc(CNCCCN2CCOCC2)cc1Br. The van der Waals surface area contributed by atoms with Crippen LogP contribution in [0, 0.1) is 0 Å². The second kappa shape index (κ2) is 8.34. The molecule has 0 bridgehead atoms. The van der Waals surface area contributed by atoms with Gasteiger partial charge in [0.05, 0.1) is 22.2 Å². The molecule has 4 nitrogen and oxygen atoms in total. The third kappa shape index (κ3) is 5.00. The van der Waals surface area contributed by atoms with Crippen molar-refractivity contribution in [2.75, 3.05) is 39.4 Å². The number of hydrogen-bond acceptors (Lipinski definition) is 4. The van der Waals surface area contributed by atoms with Gasteiger partial charge in [-0.3, -0.25) is 4.90 Å². The highest BCUT2D eigenvalue weighted by atomic mass is 79.9. The third-order valence-corrected chi connectivity index (χ3v) is 4.55. The highest BCUT2D eigenvalue weighted by molar-refractivity contribution is 9.11. The minimum Gasteiger partial charge on any atom is -0.506 e. The molecule has 0 spiro atoms. The lowest BCUT2D eigenvalue weighted by Crippen LogP contribution is -2.37. The molecule has 1 saturated heterocycles. The van der Waals surface area contributed by atoms with Crippen LogP contribution in [-0.2, 0) is 11.3 Å². The van der Waals surface area contributed by atoms with Crippen molar-refractivity contribution in [2.45, 2.75) is 13.0 Å². The first-order valence-electron chi connectivity index (χ1n) is 6.84. The predicted octanol–water partition coefficient (Wildman–Crippen LogP) is 2.73. The first kappa shape index (κ1) is 16.2. The number of hydrogen-bond donors (Lipinski definition) is 2. The molecule has 0 amide bonds. The van der Waals surface area contributed by atoms with Crippen LogP contribution in [0.5, 0.6) is 5.75 Å². The van der Waals surface area contributed by atoms with Gasteiger partial charge < -0.3 is 15.2 Å². The van der Waals surface area contributed by atoms with Crippen LogP contribution in [0.4, 0.5) is 0 Å². The molecule has 0 aromatic heterocycles. The molecule has 1 heterocycles. The van der Waals surface area contributed by atoms with Gasteiger partial charge in [0, 0.05) is 19.6 Å². The van der Waals surface area contributed by atoms with Crippen LogP contribution in [-0.4, -0.2) is 49.4 Å². The highest BCUT2D eigenvalue weighted by Crippen LogP contribution is 2.33. The van der Waals surface area contributed by atoms with E-state index in [-0.39, 0.29) is 5.75 Å². The molecule has 1 aliphatic rings. The molecule has 1 aliphatic heterocycles. The number of nitrogens with zero attached hydrogens (tertiary/aromatic N) is 1. The van der Waals surface area contributed by atoms with Gasteiger partial charge in [0.15, 0.2) is 0 Å². The van der Waals surface area contributed by atoms with E-state index >= 15 is 0 Å². The lowest BCUT2D eigenvalue weighted by molar-refractivity contribution is 0.0374. The average molecular weight is 408 g/mol. The first-order valence-corrected chi connectivity index (χ1v) is 8.43. The maximum absolute atomic E-state index is 9.65. The minimum absolute atomic E-state index is 0.251. The Morgan fingerprint density at radius 2 is 1.85 bits per heavy atom. The van der Waals surface area contributed by atoms with Crippen LogP contribution < -0.4 is 5.32 Å². The van der Waals surface area contributed by atoms with Crippen LogP contribution >= 0.6 is 31.9 Å². The maximum atomic E-state index is 9.65. The quantitative estimate of drug-likeness (QED) is 0.711. The number of morpholine rings is 1. The van der Waals surface area contributed by atoms with E-state index < -0.39 is 0 Å². The van der Waals surface area contributed by atoms with Gasteiger partial charge in [0.25, 0.3) is 0 Å². The highest BCUT2D eigenvalue weighted by Gasteiger charge is 2.09. The lowest BCUT2D eigenvalue weighted by Gasteiger charge is -2.26. The Bertz CT molecular complexity index is 414. The molecular weight excluding hydrogens is 388 g/mol. The van der Waals surface area contributed by atoms with Gasteiger partial charge in [-0.1, -0.05) is 0 Å². The van der Waals surface area contributed by atoms with Crippen LogP contribution in [0.25, 0.3) is 0 Å². The van der Waals surface area contributed by atoms with E-state index in [1.807, 2.05) is 12.1 Å². The zero-order valence-electron chi connectivity index (χ0n) is 11.4. The fraction of sp³-hybridized carbons (Fsp3) is 0.571. The Hall–Kier alpha value is -0.140. The van der Waals surface area contributed by atoms with Crippen LogP contribution in [0.1, 0.15) is 12.0 Å². The number of nitrogens with one attached hydrogen (secondary N) is 1. The van der Waals surface area contributed by atoms with E-state index in [9.17, 15) is 5.11 Å². The fourth-order valence-electron chi connectivity index (χ4n) is 2.21. The summed E-state index contributed by atoms with van der Waals surface area (Å²) >= 11 is 6.69. The first-order chi connectivity index (χ1) is 9.66. The summed E-state index contributed by atoms with van der Waals surface area (Å²) < 4.78 is 6.77. The van der Waals surface area contributed by atoms with Crippen molar-refractivity contribution in [3.63, 3.8) is 0 Å². The number of aromatic hydroxyl groups is 1. The monoisotopic (exact) mass is 406 g/mol. The number of benzene rings is 1. The van der Waals surface area contributed by atoms with Gasteiger partial charge in [0.1, 0.15) is 5.75 Å². The summed E-state index contributed by atoms with van der Waals surface area (Å²) in [5, 5.41) is 13.1. The molecule has 0 radical (unpaired) electrons. The van der Waals surface area contributed by atoms with E-state index in [1.165, 1.54) is 0 Å². The second-order valence-electron chi connectivity index (χ2n) is 4.89. The molecule has 112 valence electrons. The molecule has 6 heteroatoms. The molecule has 2 N–H and O–H groups in total. The van der Waals surface area contributed by atoms with Gasteiger partial charge in [-0.2, -0.15) is 0 Å². The largest absolute Gasteiger partial charge is 0.506 e. The topological polar surface area (TPSA) is 44.7 Å². The zero-order chi connectivity index (χ0) is 14.4. The van der Waals surface area contributed by atoms with Crippen LogP contribution in [0.2, 0.25) is 0 Å². The number of phenolic OH excluding ortho intramolecular Hbond substituents is 1. The van der Waals surface area contributed by atoms with Gasteiger partial charge in [-0.05, 0) is 69.1 Å². The summed E-state index contributed by atoms with van der Waals surface area (Å²) in [7, 11) is 0. The summed E-state index contributed by atoms with van der Waals surface area (Å²) in [6.45, 7) is 6.76. The van der Waals surface area contributed by atoms with Crippen molar-refractivity contribution in [2.24, 2.45) is 0 Å². The summed E-state index contributed by atoms with van der Waals surface area (Å²) in [4.78, 5) is 2.44. The Morgan fingerprint density at radius 3 is 2.50 bits per heavy atom. The lowest BCUT2D eigenvalue weighted by atomic mass is 10.2. The molecule has 0 atom stereocenters. The Balaban J connectivity index is 1.65. The normalized spacial score (nSPS) is 16.5. The molecular formula is C14H20Br2N2O2. The average Bonchev–Trinajstić information content (AvgIpc) is 2.45. The van der Waals surface area contributed by atoms with Crippen molar-refractivity contribution in [3.05, 3.63) is 26.6 Å². The molecule has 0 unspecified atom stereocenters. The summed E-state index contributed by atoms with van der Waals surface area (Å²) in [5.41, 5.74) is 1.15. The summed E-state index contributed by atoms with van der Waals surface area (Å²) in [6.07, 6.45) is 1.14. The number of phenols is 1. The zero-order valence-corrected chi connectivity index (χ0v) is 14.5. The van der Waals surface area contributed by atoms with E-state index in [0.717, 1.165) is 66.9 Å². The van der Waals surface area contributed by atoms with Gasteiger partial charge >= 0.3 is 0 Å². The predicted molar refractivity (Wildman–Crippen MR) is 87.1 cm³/mol. The van der Waals surface area contributed by atoms with E-state index in [2.05, 4.69) is 42.1 Å². The molecule has 2 rings (SSSR count). The molecule has 1 aromatic rings. The van der Waals surface area contributed by atoms with E-state index in [4.69, 9.17) is 4.74 Å². The number of ether oxygens (including phenoxy) is 1. The molecule has 20 heavy (non-hydrogen) atoms. The van der Waals surface area contributed by atoms with Gasteiger partial charge in [-0.15, -0.1) is 0 Å². The molecule has 1 fully saturated rings. The number of rotatable bonds is 6. The van der Waals surface area contributed by atoms with E-state index in [1.54, 1.807) is 0 Å². The van der Waals surface area contributed by atoms with Crippen molar-refractivity contribution in [3.8, 4) is 5.75 Å². The summed E-state index contributed by atoms with van der Waals surface area (Å²) in [6, 6.07) is 3.88. The smallest absolute Gasteiger partial charge is 0.143 e. The second-order valence-corrected chi connectivity index (χ2v) is 6.60. The third-order valence-electron chi connectivity index (χ3n) is 3.34. The molecule has 0 aliphatic carbocycles. The Kier molecular flexibility index (Phi) is 6.77. The van der Waals surface area contributed by atoms with Gasteiger partial charge in [0.2, 0.25) is 0 Å². The maximum Gasteiger partial charge on any atom is 0.143 e. The van der Waals surface area contributed by atoms with Crippen molar-refractivity contribution >= 4 is 31.9 Å².